The first-order chi connectivity index (χ1) is 16.6. The number of aromatic nitrogens is 2. The third-order valence-corrected chi connectivity index (χ3v) is 6.30. The van der Waals surface area contributed by atoms with Gasteiger partial charge in [-0.05, 0) is 49.9 Å². The van der Waals surface area contributed by atoms with Crippen molar-refractivity contribution in [3.63, 3.8) is 0 Å². The lowest BCUT2D eigenvalue weighted by molar-refractivity contribution is 0.1000. The van der Waals surface area contributed by atoms with Crippen LogP contribution in [-0.2, 0) is 0 Å². The van der Waals surface area contributed by atoms with Gasteiger partial charge in [0.15, 0.2) is 5.82 Å². The average Bonchev–Trinajstić information content (AvgIpc) is 2.82. The summed E-state index contributed by atoms with van der Waals surface area (Å²) in [7, 11) is 2.14. The number of carbonyl (C=O) groups excluding carboxylic acids is 1. The van der Waals surface area contributed by atoms with Crippen molar-refractivity contribution >= 4 is 34.7 Å². The first kappa shape index (κ1) is 22.1. The minimum Gasteiger partial charge on any atom is -0.368 e. The van der Waals surface area contributed by atoms with Crippen molar-refractivity contribution in [2.45, 2.75) is 6.42 Å². The van der Waals surface area contributed by atoms with Gasteiger partial charge in [0.1, 0.15) is 11.6 Å². The highest BCUT2D eigenvalue weighted by Gasteiger charge is 2.26. The fourth-order valence-corrected chi connectivity index (χ4v) is 4.18. The van der Waals surface area contributed by atoms with Crippen LogP contribution in [0, 0.1) is 0 Å². The molecule has 5 rings (SSSR count). The Morgan fingerprint density at radius 3 is 2.35 bits per heavy atom. The monoisotopic (exact) mass is 458 g/mol. The Kier molecular flexibility index (Phi) is 6.29. The number of pyridine rings is 2. The quantitative estimate of drug-likeness (QED) is 0.558. The van der Waals surface area contributed by atoms with Crippen LogP contribution in [0.4, 0.5) is 28.8 Å². The smallest absolute Gasteiger partial charge is 0.248 e. The molecule has 4 heterocycles. The number of benzene rings is 1. The molecule has 3 aromatic rings. The molecule has 0 saturated carbocycles. The Hall–Kier alpha value is -3.69. The first-order valence-corrected chi connectivity index (χ1v) is 11.7. The second kappa shape index (κ2) is 9.66. The normalized spacial score (nSPS) is 16.7. The van der Waals surface area contributed by atoms with Crippen LogP contribution in [0.25, 0.3) is 0 Å². The van der Waals surface area contributed by atoms with Crippen LogP contribution in [0.15, 0.2) is 60.8 Å². The molecule has 0 bridgehead atoms. The molecule has 34 heavy (non-hydrogen) atoms. The highest BCUT2D eigenvalue weighted by Crippen LogP contribution is 2.31. The van der Waals surface area contributed by atoms with E-state index in [1.54, 1.807) is 12.1 Å². The summed E-state index contributed by atoms with van der Waals surface area (Å²) in [5.41, 5.74) is 8.15. The maximum Gasteiger partial charge on any atom is 0.248 e. The number of likely N-dealkylation sites (N-methyl/N-ethyl adjacent to an activating group) is 1. The molecule has 0 atom stereocenters. The lowest BCUT2D eigenvalue weighted by Gasteiger charge is -2.41. The van der Waals surface area contributed by atoms with Gasteiger partial charge in [-0.1, -0.05) is 18.2 Å². The minimum absolute atomic E-state index is 0.392. The van der Waals surface area contributed by atoms with E-state index in [1.165, 1.54) is 0 Å². The third-order valence-electron chi connectivity index (χ3n) is 6.30. The van der Waals surface area contributed by atoms with E-state index >= 15 is 0 Å². The molecule has 2 aliphatic heterocycles. The number of piperazine rings is 1. The van der Waals surface area contributed by atoms with Crippen molar-refractivity contribution in [2.75, 3.05) is 61.5 Å². The molecule has 0 radical (unpaired) electrons. The second-order valence-electron chi connectivity index (χ2n) is 8.74. The van der Waals surface area contributed by atoms with Crippen LogP contribution in [-0.4, -0.2) is 72.1 Å². The predicted molar refractivity (Wildman–Crippen MR) is 135 cm³/mol. The van der Waals surface area contributed by atoms with Crippen LogP contribution in [0.2, 0.25) is 0 Å². The number of carbonyl (C=O) groups is 1. The van der Waals surface area contributed by atoms with Gasteiger partial charge in [-0.25, -0.2) is 15.0 Å². The third kappa shape index (κ3) is 4.80. The number of nitrogens with two attached hydrogens (primary N) is 1. The molecule has 3 N–H and O–H groups in total. The summed E-state index contributed by atoms with van der Waals surface area (Å²) in [6.07, 6.45) is 3.00. The zero-order valence-electron chi connectivity index (χ0n) is 19.4. The summed E-state index contributed by atoms with van der Waals surface area (Å²) in [5.74, 6) is 1.32. The highest BCUT2D eigenvalue weighted by molar-refractivity contribution is 5.94. The summed E-state index contributed by atoms with van der Waals surface area (Å²) in [6, 6.07) is 17.4. The molecule has 9 heteroatoms. The molecule has 2 aromatic heterocycles. The van der Waals surface area contributed by atoms with Crippen LogP contribution >= 0.6 is 0 Å². The zero-order chi connectivity index (χ0) is 23.5. The van der Waals surface area contributed by atoms with Crippen molar-refractivity contribution in [3.05, 3.63) is 66.4 Å². The lowest BCUT2D eigenvalue weighted by atomic mass is 10.2. The van der Waals surface area contributed by atoms with Gasteiger partial charge in [0.05, 0.1) is 17.6 Å². The van der Waals surface area contributed by atoms with Gasteiger partial charge in [0.25, 0.3) is 0 Å². The summed E-state index contributed by atoms with van der Waals surface area (Å²) >= 11 is 0. The molecule has 2 fully saturated rings. The summed E-state index contributed by atoms with van der Waals surface area (Å²) in [5, 5.41) is 7.51. The standard InChI is InChI=1S/C25H30N8O/c1-30-12-14-31(15-13-30)21-8-9-22(27-18-21)28-23-16-19(25(26)34)17-24(29-23)33(32-10-5-11-32)20-6-3-2-4-7-20/h2-4,6-9,16-18H,5,10-15H2,1H3,(H2,26,34)(H,27,28,29). The molecule has 1 aromatic carbocycles. The molecule has 2 aliphatic rings. The molecular formula is C25H30N8O. The fourth-order valence-electron chi connectivity index (χ4n) is 4.18. The Balaban J connectivity index is 1.41. The largest absolute Gasteiger partial charge is 0.368 e. The number of anilines is 5. The molecule has 176 valence electrons. The molecule has 0 spiro atoms. The Bertz CT molecular complexity index is 1130. The van der Waals surface area contributed by atoms with Gasteiger partial charge in [-0.3, -0.25) is 9.80 Å². The summed E-state index contributed by atoms with van der Waals surface area (Å²) in [4.78, 5) is 26.2. The number of nitrogens with one attached hydrogen (secondary N) is 1. The van der Waals surface area contributed by atoms with Gasteiger partial charge >= 0.3 is 0 Å². The Morgan fingerprint density at radius 2 is 1.74 bits per heavy atom. The number of nitrogens with zero attached hydrogens (tertiary/aromatic N) is 6. The molecule has 9 nitrogen and oxygen atoms in total. The molecular weight excluding hydrogens is 428 g/mol. The average molecular weight is 459 g/mol. The Morgan fingerprint density at radius 1 is 0.971 bits per heavy atom. The maximum absolute atomic E-state index is 12.1. The van der Waals surface area contributed by atoms with E-state index in [4.69, 9.17) is 10.7 Å². The van der Waals surface area contributed by atoms with E-state index in [0.29, 0.717) is 23.0 Å². The van der Waals surface area contributed by atoms with Gasteiger partial charge in [0.2, 0.25) is 5.91 Å². The summed E-state index contributed by atoms with van der Waals surface area (Å²) < 4.78 is 0. The van der Waals surface area contributed by atoms with Gasteiger partial charge in [-0.15, -0.1) is 0 Å². The minimum atomic E-state index is -0.498. The molecule has 0 aliphatic carbocycles. The second-order valence-corrected chi connectivity index (χ2v) is 8.74. The van der Waals surface area contributed by atoms with Crippen molar-refractivity contribution < 1.29 is 4.79 Å². The number of hydrogen-bond donors (Lipinski definition) is 2. The van der Waals surface area contributed by atoms with Crippen molar-refractivity contribution in [3.8, 4) is 0 Å². The topological polar surface area (TPSA) is 93.9 Å². The van der Waals surface area contributed by atoms with E-state index in [2.05, 4.69) is 38.2 Å². The van der Waals surface area contributed by atoms with E-state index in [1.807, 2.05) is 47.6 Å². The highest BCUT2D eigenvalue weighted by atomic mass is 16.1. The van der Waals surface area contributed by atoms with E-state index in [-0.39, 0.29) is 0 Å². The van der Waals surface area contributed by atoms with Gasteiger partial charge < -0.3 is 20.9 Å². The number of primary amides is 1. The van der Waals surface area contributed by atoms with Crippen LogP contribution in [0.1, 0.15) is 16.8 Å². The predicted octanol–water partition coefficient (Wildman–Crippen LogP) is 2.83. The maximum atomic E-state index is 12.1. The Labute approximate surface area is 199 Å². The van der Waals surface area contributed by atoms with Gasteiger partial charge in [-0.2, -0.15) is 0 Å². The number of hydrogen-bond acceptors (Lipinski definition) is 8. The van der Waals surface area contributed by atoms with Gasteiger partial charge in [0, 0.05) is 44.8 Å². The van der Waals surface area contributed by atoms with Crippen LogP contribution < -0.4 is 21.0 Å². The summed E-state index contributed by atoms with van der Waals surface area (Å²) in [6.45, 7) is 5.92. The molecule has 1 amide bonds. The molecule has 0 unspecified atom stereocenters. The SMILES string of the molecule is CN1CCN(c2ccc(Nc3cc(C(N)=O)cc(N(c4ccccc4)N4CCC4)n3)nc2)CC1. The van der Waals surface area contributed by atoms with E-state index in [0.717, 1.165) is 57.1 Å². The van der Waals surface area contributed by atoms with Crippen LogP contribution in [0.3, 0.4) is 0 Å². The van der Waals surface area contributed by atoms with E-state index in [9.17, 15) is 4.79 Å². The van der Waals surface area contributed by atoms with Crippen molar-refractivity contribution in [2.24, 2.45) is 5.73 Å². The number of hydrazine groups is 1. The lowest BCUT2D eigenvalue weighted by Crippen LogP contribution is -2.48. The number of para-hydroxylation sites is 1. The number of rotatable bonds is 7. The van der Waals surface area contributed by atoms with Crippen molar-refractivity contribution in [1.82, 2.24) is 19.9 Å². The van der Waals surface area contributed by atoms with E-state index < -0.39 is 5.91 Å². The molecule has 2 saturated heterocycles. The fraction of sp³-hybridized carbons (Fsp3) is 0.320. The van der Waals surface area contributed by atoms with Crippen molar-refractivity contribution in [1.29, 1.82) is 0 Å². The number of amides is 1. The zero-order valence-corrected chi connectivity index (χ0v) is 19.4. The first-order valence-electron chi connectivity index (χ1n) is 11.7. The van der Waals surface area contributed by atoms with Crippen LogP contribution in [0.5, 0.6) is 0 Å².